The monoisotopic (exact) mass is 690 g/mol. The highest BCUT2D eigenvalue weighted by Crippen LogP contribution is 2.49. The van der Waals surface area contributed by atoms with Crippen LogP contribution in [-0.4, -0.2) is 59.2 Å². The van der Waals surface area contributed by atoms with E-state index in [4.69, 9.17) is 15.3 Å². The number of anilines is 1. The lowest BCUT2D eigenvalue weighted by Crippen LogP contribution is -2.45. The molecule has 48 heavy (non-hydrogen) atoms. The van der Waals surface area contributed by atoms with Crippen molar-refractivity contribution in [1.82, 2.24) is 15.1 Å². The molecule has 1 amide bonds. The summed E-state index contributed by atoms with van der Waals surface area (Å²) < 4.78 is 90.8. The first kappa shape index (κ1) is 32.3. The Hall–Kier alpha value is -4.22. The van der Waals surface area contributed by atoms with Gasteiger partial charge in [-0.15, -0.1) is 0 Å². The summed E-state index contributed by atoms with van der Waals surface area (Å²) in [6, 6.07) is 3.42. The van der Waals surface area contributed by atoms with Crippen LogP contribution in [0.25, 0.3) is 11.5 Å². The maximum atomic E-state index is 15.6. The average Bonchev–Trinajstić information content (AvgIpc) is 3.59. The van der Waals surface area contributed by atoms with E-state index in [2.05, 4.69) is 24.8 Å². The Morgan fingerprint density at radius 3 is 2.65 bits per heavy atom. The van der Waals surface area contributed by atoms with Gasteiger partial charge in [-0.25, -0.2) is 12.8 Å². The highest BCUT2D eigenvalue weighted by Gasteiger charge is 2.47. The third-order valence-corrected chi connectivity index (χ3v) is 10.8. The lowest BCUT2D eigenvalue weighted by molar-refractivity contribution is -0.159. The van der Waals surface area contributed by atoms with Gasteiger partial charge in [-0.3, -0.25) is 9.78 Å². The Morgan fingerprint density at radius 2 is 1.98 bits per heavy atom. The second-order valence-electron chi connectivity index (χ2n) is 12.5. The fraction of sp³-hybridized carbons (Fsp3) is 0.452. The van der Waals surface area contributed by atoms with Gasteiger partial charge in [-0.05, 0) is 67.9 Å². The molecule has 2 aromatic heterocycles. The van der Waals surface area contributed by atoms with Crippen molar-refractivity contribution in [3.8, 4) is 11.5 Å². The number of nitrogens with two attached hydrogens (primary N) is 1. The van der Waals surface area contributed by atoms with E-state index in [-0.39, 0.29) is 41.2 Å². The van der Waals surface area contributed by atoms with Crippen molar-refractivity contribution in [3.05, 3.63) is 65.1 Å². The number of ether oxygens (including phenoxy) is 1. The first-order chi connectivity index (χ1) is 22.8. The number of carbonyl (C=O) groups excluding carboxylic acids is 1. The molecule has 1 saturated heterocycles. The molecule has 0 bridgehead atoms. The van der Waals surface area contributed by atoms with Gasteiger partial charge >= 0.3 is 12.1 Å². The van der Waals surface area contributed by atoms with Crippen molar-refractivity contribution >= 4 is 27.1 Å². The SMILES string of the molecule is N[C@H]1CS(=O)(=O)c2cc(F)c(C3=NOC(CCC4CCOC5(CC5)C4)=CC3)cc2N(Cc2ccc(-c3noc(C(F)(F)F)n3)nc2)C1=O. The standard InChI is InChI=1S/C31H30F4N6O6S/c32-21-12-26-25(11-20(21)23-6-4-19(46-39-23)3-1-17-7-10-45-30(13-17)8-9-30)41(28(42)22(36)16-48(26,43)44)15-18-2-5-24(37-14-18)27-38-29(47-40-27)31(33,34)35/h2,4-5,11-12,14,17,22H,1,3,6-10,13,15-16,36H2/t17?,22-/m0/s1. The number of nitrogens with zero attached hydrogens (tertiary/aromatic N) is 5. The van der Waals surface area contributed by atoms with Crippen LogP contribution in [0.4, 0.5) is 23.2 Å². The van der Waals surface area contributed by atoms with Crippen LogP contribution in [0.5, 0.6) is 0 Å². The first-order valence-electron chi connectivity index (χ1n) is 15.4. The maximum Gasteiger partial charge on any atom is 0.471 e. The Bertz CT molecular complexity index is 1920. The summed E-state index contributed by atoms with van der Waals surface area (Å²) in [4.78, 5) is 27.2. The number of benzene rings is 1. The molecular weight excluding hydrogens is 660 g/mol. The topological polar surface area (TPSA) is 163 Å². The number of allylic oxidation sites excluding steroid dienone is 2. The Balaban J connectivity index is 1.12. The van der Waals surface area contributed by atoms with Crippen molar-refractivity contribution in [3.63, 3.8) is 0 Å². The lowest BCUT2D eigenvalue weighted by atomic mass is 9.89. The molecule has 1 spiro atoms. The van der Waals surface area contributed by atoms with Crippen LogP contribution in [-0.2, 0) is 36.9 Å². The van der Waals surface area contributed by atoms with Crippen LogP contribution in [0.2, 0.25) is 0 Å². The van der Waals surface area contributed by atoms with Crippen LogP contribution in [0.15, 0.2) is 56.9 Å². The van der Waals surface area contributed by atoms with E-state index in [0.717, 1.165) is 49.7 Å². The molecule has 3 aromatic rings. The number of halogens is 4. The molecule has 0 radical (unpaired) electrons. The number of rotatable bonds is 7. The number of hydrogen-bond acceptors (Lipinski definition) is 11. The van der Waals surface area contributed by atoms with Crippen molar-refractivity contribution in [1.29, 1.82) is 0 Å². The van der Waals surface area contributed by atoms with Gasteiger partial charge in [0.25, 0.3) is 0 Å². The number of amides is 1. The van der Waals surface area contributed by atoms with Gasteiger partial charge in [-0.2, -0.15) is 18.2 Å². The third-order valence-electron chi connectivity index (χ3n) is 9.03. The van der Waals surface area contributed by atoms with Crippen LogP contribution in [0.3, 0.4) is 0 Å². The van der Waals surface area contributed by atoms with Crippen LogP contribution in [0.1, 0.15) is 62.0 Å². The molecule has 1 unspecified atom stereocenters. The zero-order chi connectivity index (χ0) is 33.8. The molecule has 1 aliphatic carbocycles. The quantitative estimate of drug-likeness (QED) is 0.344. The summed E-state index contributed by atoms with van der Waals surface area (Å²) in [5.41, 5.74) is 6.46. The van der Waals surface area contributed by atoms with E-state index in [0.29, 0.717) is 23.7 Å². The fourth-order valence-corrected chi connectivity index (χ4v) is 7.86. The van der Waals surface area contributed by atoms with Gasteiger partial charge in [0.2, 0.25) is 11.7 Å². The number of oxime groups is 1. The molecule has 254 valence electrons. The van der Waals surface area contributed by atoms with Gasteiger partial charge in [0.05, 0.1) is 40.2 Å². The number of alkyl halides is 3. The zero-order valence-electron chi connectivity index (χ0n) is 25.4. The van der Waals surface area contributed by atoms with Gasteiger partial charge in [-0.1, -0.05) is 16.4 Å². The highest BCUT2D eigenvalue weighted by molar-refractivity contribution is 7.91. The molecule has 3 aliphatic heterocycles. The molecule has 2 fully saturated rings. The number of fused-ring (bicyclic) bond motifs is 1. The summed E-state index contributed by atoms with van der Waals surface area (Å²) in [7, 11) is -4.19. The molecule has 7 rings (SSSR count). The first-order valence-corrected chi connectivity index (χ1v) is 17.0. The minimum absolute atomic E-state index is 0.0356. The largest absolute Gasteiger partial charge is 0.471 e. The van der Waals surface area contributed by atoms with E-state index in [1.165, 1.54) is 24.4 Å². The van der Waals surface area contributed by atoms with E-state index >= 15 is 4.39 Å². The molecule has 1 saturated carbocycles. The van der Waals surface area contributed by atoms with Gasteiger partial charge in [0, 0.05) is 31.2 Å². The molecule has 2 atom stereocenters. The summed E-state index contributed by atoms with van der Waals surface area (Å²) >= 11 is 0. The molecule has 17 heteroatoms. The maximum absolute atomic E-state index is 15.6. The normalized spacial score (nSPS) is 23.2. The van der Waals surface area contributed by atoms with Gasteiger partial charge in [0.15, 0.2) is 9.84 Å². The van der Waals surface area contributed by atoms with E-state index in [9.17, 15) is 26.4 Å². The summed E-state index contributed by atoms with van der Waals surface area (Å²) in [6.45, 7) is 0.521. The van der Waals surface area contributed by atoms with E-state index < -0.39 is 56.1 Å². The van der Waals surface area contributed by atoms with E-state index in [1.54, 1.807) is 0 Å². The van der Waals surface area contributed by atoms with Crippen molar-refractivity contribution in [2.75, 3.05) is 17.3 Å². The molecular formula is C31H30F4N6O6S. The minimum atomic E-state index is -4.83. The lowest BCUT2D eigenvalue weighted by Gasteiger charge is -2.29. The smallest absolute Gasteiger partial charge is 0.375 e. The summed E-state index contributed by atoms with van der Waals surface area (Å²) in [6.07, 6.45) is 4.32. The molecule has 1 aromatic carbocycles. The van der Waals surface area contributed by atoms with Crippen LogP contribution < -0.4 is 10.6 Å². The highest BCUT2D eigenvalue weighted by atomic mass is 32.2. The molecule has 5 heterocycles. The summed E-state index contributed by atoms with van der Waals surface area (Å²) in [5.74, 6) is -3.08. The van der Waals surface area contributed by atoms with E-state index in [1.807, 2.05) is 6.08 Å². The third kappa shape index (κ3) is 6.45. The second kappa shape index (κ2) is 12.0. The van der Waals surface area contributed by atoms with Crippen molar-refractivity contribution in [2.45, 2.75) is 74.2 Å². The number of pyridine rings is 1. The van der Waals surface area contributed by atoms with Crippen molar-refractivity contribution < 1.29 is 44.9 Å². The van der Waals surface area contributed by atoms with Gasteiger partial charge < -0.3 is 24.7 Å². The van der Waals surface area contributed by atoms with Crippen LogP contribution >= 0.6 is 0 Å². The molecule has 2 N–H and O–H groups in total. The predicted molar refractivity (Wildman–Crippen MR) is 160 cm³/mol. The number of carbonyl (C=O) groups is 1. The zero-order valence-corrected chi connectivity index (χ0v) is 26.2. The summed E-state index contributed by atoms with van der Waals surface area (Å²) in [5, 5.41) is 7.46. The Labute approximate surface area is 271 Å². The predicted octanol–water partition coefficient (Wildman–Crippen LogP) is 4.69. The minimum Gasteiger partial charge on any atom is -0.375 e. The van der Waals surface area contributed by atoms with Crippen LogP contribution in [0, 0.1) is 11.7 Å². The van der Waals surface area contributed by atoms with Crippen molar-refractivity contribution in [2.24, 2.45) is 16.8 Å². The number of hydrogen-bond donors (Lipinski definition) is 1. The number of sulfone groups is 1. The fourth-order valence-electron chi connectivity index (χ4n) is 6.30. The Kier molecular flexibility index (Phi) is 8.10. The average molecular weight is 691 g/mol. The second-order valence-corrected chi connectivity index (χ2v) is 14.5. The Morgan fingerprint density at radius 1 is 1.17 bits per heavy atom. The molecule has 4 aliphatic rings. The van der Waals surface area contributed by atoms with Gasteiger partial charge in [0.1, 0.15) is 17.3 Å². The molecule has 12 nitrogen and oxygen atoms in total. The number of aromatic nitrogens is 3.